The van der Waals surface area contributed by atoms with Gasteiger partial charge in [0, 0.05) is 32.5 Å². The molecule has 8 nitrogen and oxygen atoms in total. The maximum atomic E-state index is 11.3. The van der Waals surface area contributed by atoms with E-state index in [1.807, 2.05) is 0 Å². The number of hydrogen-bond acceptors (Lipinski definition) is 5. The van der Waals surface area contributed by atoms with Gasteiger partial charge >= 0.3 is 5.97 Å². The lowest BCUT2D eigenvalue weighted by Gasteiger charge is -2.12. The molecule has 4 N–H and O–H groups in total. The van der Waals surface area contributed by atoms with E-state index in [4.69, 9.17) is 10.8 Å². The van der Waals surface area contributed by atoms with Crippen LogP contribution >= 0.6 is 0 Å². The first-order valence-electron chi connectivity index (χ1n) is 5.70. The fourth-order valence-electron chi connectivity index (χ4n) is 1.45. The summed E-state index contributed by atoms with van der Waals surface area (Å²) in [6, 6.07) is -1.09. The van der Waals surface area contributed by atoms with Crippen molar-refractivity contribution in [1.82, 2.24) is 14.9 Å². The highest BCUT2D eigenvalue weighted by molar-refractivity contribution is 5.83. The Hall–Kier alpha value is -2.22. The van der Waals surface area contributed by atoms with Gasteiger partial charge in [0.15, 0.2) is 0 Å². The molecule has 0 aliphatic rings. The number of rotatable bonds is 6. The lowest BCUT2D eigenvalue weighted by molar-refractivity contribution is -0.141. The summed E-state index contributed by atoms with van der Waals surface area (Å²) in [6.45, 7) is 1.51. The normalized spacial score (nSPS) is 11.9. The van der Waals surface area contributed by atoms with Crippen molar-refractivity contribution in [2.24, 2.45) is 5.73 Å². The standard InChI is InChI=1S/C11H16N4O4/c1-7(16)15-5-8(13-6-15)4-9(11(18)19)14-10(17)2-3-12/h5-6,9H,2-4,12H2,1H3,(H,14,17)(H,18,19)/t9-/m0/s1. The molecule has 0 unspecified atom stereocenters. The summed E-state index contributed by atoms with van der Waals surface area (Å²) >= 11 is 0. The summed E-state index contributed by atoms with van der Waals surface area (Å²) in [5.41, 5.74) is 5.62. The Balaban J connectivity index is 2.69. The van der Waals surface area contributed by atoms with Crippen LogP contribution < -0.4 is 11.1 Å². The van der Waals surface area contributed by atoms with Crippen LogP contribution in [-0.2, 0) is 16.0 Å². The summed E-state index contributed by atoms with van der Waals surface area (Å²) in [5, 5.41) is 11.4. The van der Waals surface area contributed by atoms with Crippen LogP contribution in [0.25, 0.3) is 0 Å². The molecule has 1 aromatic rings. The van der Waals surface area contributed by atoms with Gasteiger partial charge in [0.05, 0.1) is 5.69 Å². The van der Waals surface area contributed by atoms with Gasteiger partial charge in [-0.25, -0.2) is 9.78 Å². The van der Waals surface area contributed by atoms with Gasteiger partial charge in [0.2, 0.25) is 11.8 Å². The zero-order chi connectivity index (χ0) is 14.4. The molecule has 0 bridgehead atoms. The quantitative estimate of drug-likeness (QED) is 0.607. The van der Waals surface area contributed by atoms with Crippen LogP contribution in [0.15, 0.2) is 12.5 Å². The van der Waals surface area contributed by atoms with Gasteiger partial charge in [-0.15, -0.1) is 0 Å². The largest absolute Gasteiger partial charge is 0.480 e. The molecule has 1 aromatic heterocycles. The topological polar surface area (TPSA) is 127 Å². The van der Waals surface area contributed by atoms with E-state index in [0.29, 0.717) is 5.69 Å². The monoisotopic (exact) mass is 268 g/mol. The van der Waals surface area contributed by atoms with E-state index >= 15 is 0 Å². The van der Waals surface area contributed by atoms with Gasteiger partial charge in [-0.1, -0.05) is 0 Å². The summed E-state index contributed by atoms with van der Waals surface area (Å²) in [4.78, 5) is 37.3. The molecule has 104 valence electrons. The summed E-state index contributed by atoms with van der Waals surface area (Å²) in [5.74, 6) is -1.82. The highest BCUT2D eigenvalue weighted by Gasteiger charge is 2.21. The van der Waals surface area contributed by atoms with E-state index < -0.39 is 17.9 Å². The average molecular weight is 268 g/mol. The van der Waals surface area contributed by atoms with E-state index in [2.05, 4.69) is 10.3 Å². The van der Waals surface area contributed by atoms with Crippen molar-refractivity contribution in [3.05, 3.63) is 18.2 Å². The van der Waals surface area contributed by atoms with Crippen LogP contribution in [0.5, 0.6) is 0 Å². The molecule has 0 aliphatic heterocycles. The smallest absolute Gasteiger partial charge is 0.326 e. The molecule has 0 saturated heterocycles. The first-order chi connectivity index (χ1) is 8.93. The highest BCUT2D eigenvalue weighted by atomic mass is 16.4. The third-order valence-corrected chi connectivity index (χ3v) is 2.42. The van der Waals surface area contributed by atoms with Gasteiger partial charge in [-0.05, 0) is 0 Å². The van der Waals surface area contributed by atoms with E-state index in [0.717, 1.165) is 0 Å². The number of carbonyl (C=O) groups is 3. The second-order valence-electron chi connectivity index (χ2n) is 3.99. The van der Waals surface area contributed by atoms with E-state index in [1.54, 1.807) is 0 Å². The number of aliphatic carboxylic acids is 1. The Kier molecular flexibility index (Phi) is 5.19. The van der Waals surface area contributed by atoms with Crippen molar-refractivity contribution >= 4 is 17.8 Å². The molecule has 0 fully saturated rings. The zero-order valence-corrected chi connectivity index (χ0v) is 10.5. The summed E-state index contributed by atoms with van der Waals surface area (Å²) in [6.07, 6.45) is 2.81. The van der Waals surface area contributed by atoms with Crippen molar-refractivity contribution in [2.45, 2.75) is 25.8 Å². The Morgan fingerprint density at radius 2 is 2.21 bits per heavy atom. The van der Waals surface area contributed by atoms with Crippen LogP contribution in [0.2, 0.25) is 0 Å². The van der Waals surface area contributed by atoms with Gasteiger partial charge in [0.1, 0.15) is 12.4 Å². The Labute approximate surface area is 109 Å². The minimum Gasteiger partial charge on any atom is -0.480 e. The molecule has 1 atom stereocenters. The SMILES string of the molecule is CC(=O)n1cnc(C[C@H](NC(=O)CCN)C(=O)O)c1. The number of carboxylic acid groups (broad SMARTS) is 1. The minimum absolute atomic E-state index is 0.00588. The third-order valence-electron chi connectivity index (χ3n) is 2.42. The molecule has 0 aliphatic carbocycles. The van der Waals surface area contributed by atoms with E-state index in [1.165, 1.54) is 24.0 Å². The van der Waals surface area contributed by atoms with Crippen molar-refractivity contribution in [2.75, 3.05) is 6.54 Å². The Morgan fingerprint density at radius 1 is 1.53 bits per heavy atom. The van der Waals surface area contributed by atoms with Gasteiger partial charge in [-0.3, -0.25) is 14.2 Å². The number of hydrogen-bond donors (Lipinski definition) is 3. The zero-order valence-electron chi connectivity index (χ0n) is 10.5. The number of nitrogens with two attached hydrogens (primary N) is 1. The van der Waals surface area contributed by atoms with Crippen molar-refractivity contribution in [3.8, 4) is 0 Å². The molecule has 1 rings (SSSR count). The number of nitrogens with zero attached hydrogens (tertiary/aromatic N) is 2. The minimum atomic E-state index is -1.16. The lowest BCUT2D eigenvalue weighted by atomic mass is 10.1. The fourth-order valence-corrected chi connectivity index (χ4v) is 1.45. The van der Waals surface area contributed by atoms with Crippen LogP contribution in [0.1, 0.15) is 23.8 Å². The predicted octanol–water partition coefficient (Wildman–Crippen LogP) is -0.996. The molecular weight excluding hydrogens is 252 g/mol. The van der Waals surface area contributed by atoms with Crippen molar-refractivity contribution in [1.29, 1.82) is 0 Å². The summed E-state index contributed by atoms with van der Waals surface area (Å²) < 4.78 is 1.25. The van der Waals surface area contributed by atoms with Gasteiger partial charge < -0.3 is 16.2 Å². The molecule has 0 saturated carbocycles. The molecule has 0 spiro atoms. The molecule has 19 heavy (non-hydrogen) atoms. The molecule has 0 aromatic carbocycles. The number of nitrogens with one attached hydrogen (secondary N) is 1. The average Bonchev–Trinajstić information content (AvgIpc) is 2.77. The molecule has 0 radical (unpaired) electrons. The predicted molar refractivity (Wildman–Crippen MR) is 65.5 cm³/mol. The molecule has 1 heterocycles. The van der Waals surface area contributed by atoms with Crippen molar-refractivity contribution in [3.63, 3.8) is 0 Å². The maximum Gasteiger partial charge on any atom is 0.326 e. The Bertz CT molecular complexity index is 483. The van der Waals surface area contributed by atoms with Gasteiger partial charge in [0.25, 0.3) is 0 Å². The molecular formula is C11H16N4O4. The Morgan fingerprint density at radius 3 is 2.68 bits per heavy atom. The number of amides is 1. The van der Waals surface area contributed by atoms with Crippen LogP contribution in [0.4, 0.5) is 0 Å². The van der Waals surface area contributed by atoms with E-state index in [9.17, 15) is 14.4 Å². The van der Waals surface area contributed by atoms with Crippen LogP contribution in [0.3, 0.4) is 0 Å². The second-order valence-corrected chi connectivity index (χ2v) is 3.99. The van der Waals surface area contributed by atoms with Gasteiger partial charge in [-0.2, -0.15) is 0 Å². The maximum absolute atomic E-state index is 11.3. The first kappa shape index (κ1) is 14.8. The molecule has 1 amide bonds. The van der Waals surface area contributed by atoms with Crippen molar-refractivity contribution < 1.29 is 19.5 Å². The fraction of sp³-hybridized carbons (Fsp3) is 0.455. The highest BCUT2D eigenvalue weighted by Crippen LogP contribution is 2.02. The third kappa shape index (κ3) is 4.51. The summed E-state index contributed by atoms with van der Waals surface area (Å²) in [7, 11) is 0. The second kappa shape index (κ2) is 6.64. The number of carboxylic acids is 1. The number of imidazole rings is 1. The lowest BCUT2D eigenvalue weighted by Crippen LogP contribution is -2.42. The number of carbonyl (C=O) groups excluding carboxylic acids is 2. The van der Waals surface area contributed by atoms with Crippen LogP contribution in [-0.4, -0.2) is 45.0 Å². The van der Waals surface area contributed by atoms with Crippen LogP contribution in [0, 0.1) is 0 Å². The first-order valence-corrected chi connectivity index (χ1v) is 5.70. The molecule has 8 heteroatoms. The van der Waals surface area contributed by atoms with E-state index in [-0.39, 0.29) is 25.3 Å². The number of aromatic nitrogens is 2.